The van der Waals surface area contributed by atoms with Crippen molar-refractivity contribution < 1.29 is 9.59 Å². The zero-order valence-electron chi connectivity index (χ0n) is 16.0. The van der Waals surface area contributed by atoms with Crippen LogP contribution in [0.5, 0.6) is 0 Å². The predicted molar refractivity (Wildman–Crippen MR) is 114 cm³/mol. The van der Waals surface area contributed by atoms with Crippen molar-refractivity contribution in [2.45, 2.75) is 44.9 Å². The molecule has 3 rings (SSSR count). The highest BCUT2D eigenvalue weighted by Gasteiger charge is 2.30. The molecule has 0 fully saturated rings. The summed E-state index contributed by atoms with van der Waals surface area (Å²) in [6, 6.07) is 9.56. The van der Waals surface area contributed by atoms with Crippen LogP contribution in [0.25, 0.3) is 0 Å². The number of primary amides is 1. The third-order valence-corrected chi connectivity index (χ3v) is 7.37. The summed E-state index contributed by atoms with van der Waals surface area (Å²) >= 11 is 2.94. The number of thioether (sulfide) groups is 1. The van der Waals surface area contributed by atoms with Gasteiger partial charge in [-0.15, -0.1) is 23.1 Å². The summed E-state index contributed by atoms with van der Waals surface area (Å²) in [7, 11) is 0. The number of amides is 2. The number of aryl methyl sites for hydroxylation is 1. The number of benzene rings is 1. The first-order chi connectivity index (χ1) is 12.7. The van der Waals surface area contributed by atoms with Gasteiger partial charge in [-0.3, -0.25) is 9.59 Å². The first kappa shape index (κ1) is 20.0. The van der Waals surface area contributed by atoms with Crippen LogP contribution < -0.4 is 11.1 Å². The molecule has 0 spiro atoms. The molecular weight excluding hydrogens is 376 g/mol. The SMILES string of the molecule is CC(C)(C)C1CCc2sc(C(=O)Nc3ccccc3SCC(N)=O)cc2C1. The standard InChI is InChI=1S/C21H26N2O2S2/c1-21(2,3)14-8-9-16-13(10-14)11-18(27-16)20(25)23-15-6-4-5-7-17(15)26-12-19(22)24/h4-7,11,14H,8-10,12H2,1-3H3,(H2,22,24)(H,23,25). The van der Waals surface area contributed by atoms with Crippen LogP contribution in [0.1, 0.15) is 47.3 Å². The van der Waals surface area contributed by atoms with E-state index in [-0.39, 0.29) is 17.6 Å². The number of para-hydroxylation sites is 1. The lowest BCUT2D eigenvalue weighted by Crippen LogP contribution is -2.26. The molecule has 1 aromatic heterocycles. The molecule has 3 N–H and O–H groups in total. The van der Waals surface area contributed by atoms with Gasteiger partial charge < -0.3 is 11.1 Å². The van der Waals surface area contributed by atoms with Gasteiger partial charge in [0, 0.05) is 9.77 Å². The number of thiophene rings is 1. The van der Waals surface area contributed by atoms with E-state index in [9.17, 15) is 9.59 Å². The summed E-state index contributed by atoms with van der Waals surface area (Å²) in [5.74, 6) is 0.379. The number of carbonyl (C=O) groups is 2. The second kappa shape index (κ2) is 8.07. The smallest absolute Gasteiger partial charge is 0.265 e. The number of hydrogen-bond acceptors (Lipinski definition) is 4. The zero-order valence-corrected chi connectivity index (χ0v) is 17.6. The molecule has 0 radical (unpaired) electrons. The van der Waals surface area contributed by atoms with Gasteiger partial charge in [-0.05, 0) is 54.4 Å². The maximum absolute atomic E-state index is 12.8. The molecule has 0 saturated heterocycles. The van der Waals surface area contributed by atoms with Crippen LogP contribution in [0.3, 0.4) is 0 Å². The highest BCUT2D eigenvalue weighted by molar-refractivity contribution is 8.00. The molecule has 1 heterocycles. The molecule has 1 atom stereocenters. The Kier molecular flexibility index (Phi) is 5.96. The number of fused-ring (bicyclic) bond motifs is 1. The Hall–Kier alpha value is -1.79. The van der Waals surface area contributed by atoms with E-state index in [1.165, 1.54) is 28.6 Å². The lowest BCUT2D eigenvalue weighted by molar-refractivity contribution is -0.115. The van der Waals surface area contributed by atoms with Gasteiger partial charge in [0.15, 0.2) is 0 Å². The third kappa shape index (κ3) is 4.93. The summed E-state index contributed by atoms with van der Waals surface area (Å²) in [4.78, 5) is 26.8. The van der Waals surface area contributed by atoms with Crippen LogP contribution >= 0.6 is 23.1 Å². The predicted octanol–water partition coefficient (Wildman–Crippen LogP) is 4.73. The van der Waals surface area contributed by atoms with Gasteiger partial charge in [-0.2, -0.15) is 0 Å². The molecular formula is C21H26N2O2S2. The van der Waals surface area contributed by atoms with Crippen molar-refractivity contribution in [1.82, 2.24) is 0 Å². The summed E-state index contributed by atoms with van der Waals surface area (Å²) < 4.78 is 0. The largest absolute Gasteiger partial charge is 0.369 e. The molecule has 2 amide bonds. The number of anilines is 1. The van der Waals surface area contributed by atoms with Crippen molar-refractivity contribution in [3.05, 3.63) is 45.6 Å². The molecule has 1 aliphatic carbocycles. The van der Waals surface area contributed by atoms with Gasteiger partial charge in [0.25, 0.3) is 5.91 Å². The Morgan fingerprint density at radius 2 is 2.04 bits per heavy atom. The van der Waals surface area contributed by atoms with Crippen LogP contribution in [0.15, 0.2) is 35.2 Å². The van der Waals surface area contributed by atoms with Gasteiger partial charge in [0.2, 0.25) is 5.91 Å². The minimum Gasteiger partial charge on any atom is -0.369 e. The average molecular weight is 403 g/mol. The van der Waals surface area contributed by atoms with Gasteiger partial charge >= 0.3 is 0 Å². The molecule has 0 bridgehead atoms. The Bertz CT molecular complexity index is 852. The molecule has 1 unspecified atom stereocenters. The maximum atomic E-state index is 12.8. The van der Waals surface area contributed by atoms with Gasteiger partial charge in [-0.25, -0.2) is 0 Å². The first-order valence-corrected chi connectivity index (χ1v) is 11.0. The number of rotatable bonds is 5. The summed E-state index contributed by atoms with van der Waals surface area (Å²) in [5.41, 5.74) is 7.57. The fourth-order valence-electron chi connectivity index (χ4n) is 3.40. The van der Waals surface area contributed by atoms with Gasteiger partial charge in [-0.1, -0.05) is 32.9 Å². The van der Waals surface area contributed by atoms with E-state index in [1.807, 2.05) is 24.3 Å². The molecule has 6 heteroatoms. The summed E-state index contributed by atoms with van der Waals surface area (Å²) in [5, 5.41) is 3.00. The van der Waals surface area contributed by atoms with Crippen molar-refractivity contribution in [1.29, 1.82) is 0 Å². The number of carbonyl (C=O) groups excluding carboxylic acids is 2. The topological polar surface area (TPSA) is 72.2 Å². The van der Waals surface area contributed by atoms with E-state index in [2.05, 4.69) is 32.2 Å². The van der Waals surface area contributed by atoms with Crippen molar-refractivity contribution in [3.8, 4) is 0 Å². The summed E-state index contributed by atoms with van der Waals surface area (Å²) in [6.45, 7) is 6.88. The quantitative estimate of drug-likeness (QED) is 0.710. The summed E-state index contributed by atoms with van der Waals surface area (Å²) in [6.07, 6.45) is 3.29. The third-order valence-electron chi connectivity index (χ3n) is 5.04. The Morgan fingerprint density at radius 3 is 2.74 bits per heavy atom. The van der Waals surface area contributed by atoms with Crippen LogP contribution in [0.2, 0.25) is 0 Å². The van der Waals surface area contributed by atoms with Crippen molar-refractivity contribution in [2.75, 3.05) is 11.1 Å². The normalized spacial score (nSPS) is 16.6. The fourth-order valence-corrected chi connectivity index (χ4v) is 5.25. The average Bonchev–Trinajstić information content (AvgIpc) is 3.03. The molecule has 1 aromatic carbocycles. The van der Waals surface area contributed by atoms with Crippen LogP contribution in [0.4, 0.5) is 5.69 Å². The minimum absolute atomic E-state index is 0.0890. The van der Waals surface area contributed by atoms with Crippen LogP contribution in [-0.4, -0.2) is 17.6 Å². The zero-order chi connectivity index (χ0) is 19.6. The van der Waals surface area contributed by atoms with E-state index in [0.717, 1.165) is 22.6 Å². The van der Waals surface area contributed by atoms with Crippen LogP contribution in [0, 0.1) is 11.3 Å². The molecule has 0 aliphatic heterocycles. The second-order valence-corrected chi connectivity index (χ2v) is 10.2. The lowest BCUT2D eigenvalue weighted by atomic mass is 9.72. The number of nitrogens with two attached hydrogens (primary N) is 1. The van der Waals surface area contributed by atoms with Crippen LogP contribution in [-0.2, 0) is 17.6 Å². The molecule has 27 heavy (non-hydrogen) atoms. The van der Waals surface area contributed by atoms with Gasteiger partial charge in [0.05, 0.1) is 16.3 Å². The Morgan fingerprint density at radius 1 is 1.30 bits per heavy atom. The number of nitrogens with one attached hydrogen (secondary N) is 1. The molecule has 0 saturated carbocycles. The Labute approximate surface area is 168 Å². The molecule has 1 aliphatic rings. The Balaban J connectivity index is 1.73. The molecule has 2 aromatic rings. The lowest BCUT2D eigenvalue weighted by Gasteiger charge is -2.33. The molecule has 144 valence electrons. The van der Waals surface area contributed by atoms with Crippen molar-refractivity contribution >= 4 is 40.6 Å². The highest BCUT2D eigenvalue weighted by atomic mass is 32.2. The van der Waals surface area contributed by atoms with E-state index in [0.29, 0.717) is 17.0 Å². The number of hydrogen-bond donors (Lipinski definition) is 2. The second-order valence-electron chi connectivity index (χ2n) is 8.07. The van der Waals surface area contributed by atoms with Gasteiger partial charge in [0.1, 0.15) is 0 Å². The van der Waals surface area contributed by atoms with E-state index < -0.39 is 0 Å². The highest BCUT2D eigenvalue weighted by Crippen LogP contribution is 2.40. The van der Waals surface area contributed by atoms with Crippen molar-refractivity contribution in [2.24, 2.45) is 17.1 Å². The van der Waals surface area contributed by atoms with E-state index in [1.54, 1.807) is 11.3 Å². The molecule has 4 nitrogen and oxygen atoms in total. The monoisotopic (exact) mass is 402 g/mol. The van der Waals surface area contributed by atoms with E-state index in [4.69, 9.17) is 5.73 Å². The van der Waals surface area contributed by atoms with Crippen molar-refractivity contribution in [3.63, 3.8) is 0 Å². The fraction of sp³-hybridized carbons (Fsp3) is 0.429. The first-order valence-electron chi connectivity index (χ1n) is 9.17. The van der Waals surface area contributed by atoms with E-state index >= 15 is 0 Å². The maximum Gasteiger partial charge on any atom is 0.265 e. The minimum atomic E-state index is -0.375.